The molecule has 2 aromatic rings. The van der Waals surface area contributed by atoms with E-state index in [4.69, 9.17) is 21.1 Å². The van der Waals surface area contributed by atoms with Crippen LogP contribution in [0.25, 0.3) is 5.69 Å². The molecule has 32 heavy (non-hydrogen) atoms. The lowest BCUT2D eigenvalue weighted by Gasteiger charge is -2.22. The topological polar surface area (TPSA) is 96.6 Å². The number of rotatable bonds is 3. The number of hydrogen-bond donors (Lipinski definition) is 0. The monoisotopic (exact) mass is 478 g/mol. The van der Waals surface area contributed by atoms with Gasteiger partial charge in [0.2, 0.25) is 6.10 Å². The van der Waals surface area contributed by atoms with Crippen molar-refractivity contribution in [1.29, 1.82) is 0 Å². The van der Waals surface area contributed by atoms with Crippen LogP contribution in [0.3, 0.4) is 0 Å². The minimum atomic E-state index is -5.01. The van der Waals surface area contributed by atoms with Crippen LogP contribution in [0.1, 0.15) is 29.9 Å². The Kier molecular flexibility index (Phi) is 5.71. The number of carbonyl (C=O) groups excluding carboxylic acids is 2. The quantitative estimate of drug-likeness (QED) is 0.497. The Morgan fingerprint density at radius 1 is 1.22 bits per heavy atom. The van der Waals surface area contributed by atoms with Gasteiger partial charge in [0.25, 0.3) is 5.56 Å². The predicted octanol–water partition coefficient (Wildman–Crippen LogP) is 2.46. The van der Waals surface area contributed by atoms with E-state index in [0.717, 1.165) is 7.05 Å². The number of halogens is 5. The third-order valence-electron chi connectivity index (χ3n) is 4.84. The normalized spacial score (nSPS) is 17.9. The number of aromatic nitrogens is 2. The largest absolute Gasteiger partial charge is 0.462 e. The van der Waals surface area contributed by atoms with E-state index in [9.17, 15) is 36.7 Å². The van der Waals surface area contributed by atoms with Crippen LogP contribution in [0.4, 0.5) is 17.6 Å². The van der Waals surface area contributed by atoms with Gasteiger partial charge in [-0.2, -0.15) is 13.2 Å². The van der Waals surface area contributed by atoms with Crippen LogP contribution in [-0.4, -0.2) is 33.8 Å². The van der Waals surface area contributed by atoms with E-state index in [2.05, 4.69) is 0 Å². The molecule has 172 valence electrons. The van der Waals surface area contributed by atoms with Crippen LogP contribution in [0, 0.1) is 11.2 Å². The summed E-state index contributed by atoms with van der Waals surface area (Å²) in [6.45, 7) is 3.17. The van der Waals surface area contributed by atoms with Crippen LogP contribution in [0.5, 0.6) is 0 Å². The molecule has 0 aliphatic carbocycles. The van der Waals surface area contributed by atoms with Crippen molar-refractivity contribution in [2.24, 2.45) is 12.5 Å². The van der Waals surface area contributed by atoms with E-state index in [0.29, 0.717) is 12.1 Å². The summed E-state index contributed by atoms with van der Waals surface area (Å²) in [6, 6.07) is 1.39. The average Bonchev–Trinajstić information content (AvgIpc) is 2.92. The summed E-state index contributed by atoms with van der Waals surface area (Å²) < 4.78 is 63.9. The van der Waals surface area contributed by atoms with E-state index < -0.39 is 68.7 Å². The van der Waals surface area contributed by atoms with Crippen molar-refractivity contribution in [2.75, 3.05) is 6.61 Å². The first-order valence-corrected chi connectivity index (χ1v) is 9.30. The highest BCUT2D eigenvalue weighted by molar-refractivity contribution is 6.33. The zero-order chi connectivity index (χ0) is 24.2. The van der Waals surface area contributed by atoms with E-state index >= 15 is 0 Å². The minimum Gasteiger partial charge on any atom is -0.462 e. The first kappa shape index (κ1) is 23.5. The van der Waals surface area contributed by atoms with Crippen molar-refractivity contribution >= 4 is 23.5 Å². The molecule has 1 unspecified atom stereocenters. The molecule has 1 saturated heterocycles. The van der Waals surface area contributed by atoms with E-state index in [1.807, 2.05) is 0 Å². The molecule has 1 aliphatic rings. The maximum Gasteiger partial charge on any atom is 0.431 e. The summed E-state index contributed by atoms with van der Waals surface area (Å²) in [5.74, 6) is -3.26. The maximum atomic E-state index is 14.6. The highest BCUT2D eigenvalue weighted by Gasteiger charge is 2.47. The van der Waals surface area contributed by atoms with Gasteiger partial charge < -0.3 is 9.47 Å². The van der Waals surface area contributed by atoms with Crippen LogP contribution < -0.4 is 11.2 Å². The van der Waals surface area contributed by atoms with Gasteiger partial charge in [0.05, 0.1) is 16.3 Å². The molecule has 1 aliphatic heterocycles. The van der Waals surface area contributed by atoms with Gasteiger partial charge in [0, 0.05) is 18.5 Å². The van der Waals surface area contributed by atoms with Crippen LogP contribution >= 0.6 is 11.6 Å². The molecule has 0 spiro atoms. The SMILES string of the molecule is Cn1c(C(F)(F)F)cc(=O)n(-c2cc(C(=O)OC3C(=O)OCC3(C)C)c(Cl)cc2F)c1=O. The van der Waals surface area contributed by atoms with Crippen LogP contribution in [0.15, 0.2) is 27.8 Å². The van der Waals surface area contributed by atoms with Crippen molar-refractivity contribution in [3.8, 4) is 5.69 Å². The summed E-state index contributed by atoms with van der Waals surface area (Å²) in [5, 5.41) is -0.475. The number of benzene rings is 1. The second-order valence-corrected chi connectivity index (χ2v) is 8.11. The van der Waals surface area contributed by atoms with Crippen LogP contribution in [0.2, 0.25) is 5.02 Å². The lowest BCUT2D eigenvalue weighted by molar-refractivity contribution is -0.145. The Morgan fingerprint density at radius 3 is 2.38 bits per heavy atom. The zero-order valence-corrected chi connectivity index (χ0v) is 17.5. The Balaban J connectivity index is 2.12. The number of esters is 2. The predicted molar refractivity (Wildman–Crippen MR) is 101 cm³/mol. The number of nitrogens with zero attached hydrogens (tertiary/aromatic N) is 2. The molecule has 1 aromatic carbocycles. The lowest BCUT2D eigenvalue weighted by atomic mass is 9.90. The summed E-state index contributed by atoms with van der Waals surface area (Å²) in [5.41, 5.74) is -6.75. The third kappa shape index (κ3) is 4.01. The summed E-state index contributed by atoms with van der Waals surface area (Å²) in [6.07, 6.45) is -6.32. The molecule has 1 fully saturated rings. The fraction of sp³-hybridized carbons (Fsp3) is 0.368. The Morgan fingerprint density at radius 2 is 1.84 bits per heavy atom. The molecule has 0 radical (unpaired) electrons. The van der Waals surface area contributed by atoms with E-state index in [-0.39, 0.29) is 21.8 Å². The molecule has 0 amide bonds. The first-order chi connectivity index (χ1) is 14.6. The smallest absolute Gasteiger partial charge is 0.431 e. The molecule has 2 heterocycles. The highest BCUT2D eigenvalue weighted by atomic mass is 35.5. The molecule has 1 aromatic heterocycles. The van der Waals surface area contributed by atoms with E-state index in [1.165, 1.54) is 0 Å². The summed E-state index contributed by atoms with van der Waals surface area (Å²) in [7, 11) is 0.748. The van der Waals surface area contributed by atoms with Crippen molar-refractivity contribution in [2.45, 2.75) is 26.1 Å². The molecule has 0 bridgehead atoms. The van der Waals surface area contributed by atoms with Gasteiger partial charge in [0.15, 0.2) is 0 Å². The van der Waals surface area contributed by atoms with Gasteiger partial charge in [-0.15, -0.1) is 0 Å². The summed E-state index contributed by atoms with van der Waals surface area (Å²) >= 11 is 5.90. The number of hydrogen-bond acceptors (Lipinski definition) is 6. The van der Waals surface area contributed by atoms with Gasteiger partial charge in [-0.25, -0.2) is 23.3 Å². The Labute approximate surface area is 181 Å². The fourth-order valence-electron chi connectivity index (χ4n) is 3.09. The molecule has 13 heteroatoms. The molecule has 0 N–H and O–H groups in total. The lowest BCUT2D eigenvalue weighted by Crippen LogP contribution is -2.41. The second-order valence-electron chi connectivity index (χ2n) is 7.71. The molecule has 8 nitrogen and oxygen atoms in total. The van der Waals surface area contributed by atoms with Gasteiger partial charge >= 0.3 is 23.8 Å². The molecule has 0 saturated carbocycles. The highest BCUT2D eigenvalue weighted by Crippen LogP contribution is 2.33. The molecule has 3 rings (SSSR count). The van der Waals surface area contributed by atoms with Crippen molar-refractivity contribution in [1.82, 2.24) is 9.13 Å². The van der Waals surface area contributed by atoms with Gasteiger partial charge in [-0.3, -0.25) is 9.36 Å². The van der Waals surface area contributed by atoms with Crippen LogP contribution in [-0.2, 0) is 27.5 Å². The maximum absolute atomic E-state index is 14.6. The number of carbonyl (C=O) groups is 2. The van der Waals surface area contributed by atoms with Gasteiger partial charge in [0.1, 0.15) is 18.1 Å². The van der Waals surface area contributed by atoms with E-state index in [1.54, 1.807) is 13.8 Å². The first-order valence-electron chi connectivity index (χ1n) is 8.92. The van der Waals surface area contributed by atoms with Crippen molar-refractivity contribution in [3.05, 3.63) is 61.1 Å². The van der Waals surface area contributed by atoms with Gasteiger partial charge in [-0.1, -0.05) is 25.4 Å². The third-order valence-corrected chi connectivity index (χ3v) is 5.16. The van der Waals surface area contributed by atoms with Crippen molar-refractivity contribution < 1.29 is 36.6 Å². The Hall–Kier alpha value is -3.15. The standard InChI is InChI=1S/C19H15ClF4N2O6/c1-18(2)7-31-16(29)14(18)32-15(28)8-4-11(10(21)5-9(8)20)26-13(27)6-12(19(22,23)24)25(3)17(26)30/h4-6,14H,7H2,1-3H3. The fourth-order valence-corrected chi connectivity index (χ4v) is 3.32. The average molecular weight is 479 g/mol. The molecule has 1 atom stereocenters. The Bertz CT molecular complexity index is 1250. The van der Waals surface area contributed by atoms with Gasteiger partial charge in [-0.05, 0) is 12.1 Å². The zero-order valence-electron chi connectivity index (χ0n) is 16.8. The molecular formula is C19H15ClF4N2O6. The van der Waals surface area contributed by atoms with Crippen molar-refractivity contribution in [3.63, 3.8) is 0 Å². The number of cyclic esters (lactones) is 1. The number of ether oxygens (including phenoxy) is 2. The number of alkyl halides is 3. The minimum absolute atomic E-state index is 0.0246. The molecular weight excluding hydrogens is 464 g/mol. The summed E-state index contributed by atoms with van der Waals surface area (Å²) in [4.78, 5) is 49.2. The second kappa shape index (κ2) is 7.76.